The summed E-state index contributed by atoms with van der Waals surface area (Å²) >= 11 is 0. The van der Waals surface area contributed by atoms with Crippen LogP contribution in [0.15, 0.2) is 0 Å². The summed E-state index contributed by atoms with van der Waals surface area (Å²) in [5.41, 5.74) is 0. The molecule has 0 saturated heterocycles. The van der Waals surface area contributed by atoms with E-state index in [-0.39, 0.29) is 18.7 Å². The van der Waals surface area contributed by atoms with E-state index in [4.69, 9.17) is 9.84 Å². The molecule has 0 aromatic carbocycles. The number of esters is 1. The van der Waals surface area contributed by atoms with E-state index in [0.29, 0.717) is 12.8 Å². The summed E-state index contributed by atoms with van der Waals surface area (Å²) in [7, 11) is 0. The average Bonchev–Trinajstić information content (AvgIpc) is 2.23. The molecular formula is C13H26O3. The number of hydrogen-bond donors (Lipinski definition) is 1. The van der Waals surface area contributed by atoms with Gasteiger partial charge in [-0.05, 0) is 13.3 Å². The fraction of sp³-hybridized carbons (Fsp3) is 0.923. The van der Waals surface area contributed by atoms with Gasteiger partial charge in [0.15, 0.2) is 0 Å². The van der Waals surface area contributed by atoms with Gasteiger partial charge in [-0.15, -0.1) is 0 Å². The lowest BCUT2D eigenvalue weighted by Crippen LogP contribution is -2.15. The monoisotopic (exact) mass is 230 g/mol. The van der Waals surface area contributed by atoms with Crippen molar-refractivity contribution >= 4 is 5.97 Å². The second-order valence-electron chi connectivity index (χ2n) is 4.33. The van der Waals surface area contributed by atoms with Crippen LogP contribution < -0.4 is 0 Å². The molecule has 3 heteroatoms. The summed E-state index contributed by atoms with van der Waals surface area (Å²) in [5.74, 6) is -0.128. The van der Waals surface area contributed by atoms with Crippen molar-refractivity contribution in [3.63, 3.8) is 0 Å². The van der Waals surface area contributed by atoms with Crippen molar-refractivity contribution in [3.05, 3.63) is 0 Å². The molecule has 0 heterocycles. The highest BCUT2D eigenvalue weighted by molar-refractivity contribution is 5.69. The van der Waals surface area contributed by atoms with Crippen LogP contribution in [0.25, 0.3) is 0 Å². The van der Waals surface area contributed by atoms with Crippen molar-refractivity contribution in [2.45, 2.75) is 71.3 Å². The Balaban J connectivity index is 3.30. The summed E-state index contributed by atoms with van der Waals surface area (Å²) < 4.78 is 5.12. The van der Waals surface area contributed by atoms with Gasteiger partial charge in [0.05, 0.1) is 0 Å². The van der Waals surface area contributed by atoms with Crippen LogP contribution in [-0.4, -0.2) is 23.8 Å². The second-order valence-corrected chi connectivity index (χ2v) is 4.33. The van der Waals surface area contributed by atoms with Gasteiger partial charge in [0.1, 0.15) is 6.10 Å². The zero-order valence-corrected chi connectivity index (χ0v) is 10.7. The van der Waals surface area contributed by atoms with Gasteiger partial charge in [-0.2, -0.15) is 0 Å². The van der Waals surface area contributed by atoms with Crippen LogP contribution >= 0.6 is 0 Å². The fourth-order valence-electron chi connectivity index (χ4n) is 1.57. The molecule has 0 aliphatic heterocycles. The Bertz CT molecular complexity index is 169. The van der Waals surface area contributed by atoms with Crippen LogP contribution in [0.4, 0.5) is 0 Å². The topological polar surface area (TPSA) is 46.5 Å². The minimum Gasteiger partial charge on any atom is -0.463 e. The van der Waals surface area contributed by atoms with Gasteiger partial charge >= 0.3 is 5.97 Å². The molecule has 16 heavy (non-hydrogen) atoms. The first-order chi connectivity index (χ1) is 7.70. The van der Waals surface area contributed by atoms with Crippen LogP contribution in [0, 0.1) is 0 Å². The highest BCUT2D eigenvalue weighted by atomic mass is 16.5. The molecule has 1 unspecified atom stereocenters. The standard InChI is InChI=1S/C13H26O3/c1-3-4-5-6-7-8-9-13(15)16-12(2)10-11-14/h12,14H,3-11H2,1-2H3. The Morgan fingerprint density at radius 1 is 1.19 bits per heavy atom. The molecule has 0 amide bonds. The molecule has 0 saturated carbocycles. The number of ether oxygens (including phenoxy) is 1. The molecule has 3 nitrogen and oxygen atoms in total. The third kappa shape index (κ3) is 9.97. The number of hydrogen-bond acceptors (Lipinski definition) is 3. The largest absolute Gasteiger partial charge is 0.463 e. The van der Waals surface area contributed by atoms with Gasteiger partial charge in [0, 0.05) is 19.4 Å². The molecule has 0 aliphatic carbocycles. The number of aliphatic hydroxyl groups is 1. The van der Waals surface area contributed by atoms with E-state index in [9.17, 15) is 4.79 Å². The first kappa shape index (κ1) is 15.4. The maximum Gasteiger partial charge on any atom is 0.306 e. The lowest BCUT2D eigenvalue weighted by molar-refractivity contribution is -0.148. The number of carbonyl (C=O) groups excluding carboxylic acids is 1. The zero-order chi connectivity index (χ0) is 12.2. The molecule has 0 rings (SSSR count). The molecule has 0 bridgehead atoms. The predicted molar refractivity (Wildman–Crippen MR) is 65.2 cm³/mol. The lowest BCUT2D eigenvalue weighted by atomic mass is 10.1. The number of aliphatic hydroxyl groups excluding tert-OH is 1. The smallest absolute Gasteiger partial charge is 0.306 e. The molecule has 0 fully saturated rings. The first-order valence-electron chi connectivity index (χ1n) is 6.51. The fourth-order valence-corrected chi connectivity index (χ4v) is 1.57. The van der Waals surface area contributed by atoms with E-state index in [1.54, 1.807) is 0 Å². The van der Waals surface area contributed by atoms with E-state index in [2.05, 4.69) is 6.92 Å². The highest BCUT2D eigenvalue weighted by Gasteiger charge is 2.08. The van der Waals surface area contributed by atoms with Crippen molar-refractivity contribution in [2.75, 3.05) is 6.61 Å². The van der Waals surface area contributed by atoms with Crippen LogP contribution in [0.5, 0.6) is 0 Å². The number of rotatable bonds is 10. The maximum absolute atomic E-state index is 11.3. The Labute approximate surface area is 99.2 Å². The molecule has 0 aromatic heterocycles. The van der Waals surface area contributed by atoms with Crippen molar-refractivity contribution < 1.29 is 14.6 Å². The first-order valence-corrected chi connectivity index (χ1v) is 6.51. The summed E-state index contributed by atoms with van der Waals surface area (Å²) in [6, 6.07) is 0. The van der Waals surface area contributed by atoms with Crippen LogP contribution in [0.3, 0.4) is 0 Å². The number of carbonyl (C=O) groups is 1. The molecule has 1 N–H and O–H groups in total. The quantitative estimate of drug-likeness (QED) is 0.463. The number of unbranched alkanes of at least 4 members (excludes halogenated alkanes) is 5. The van der Waals surface area contributed by atoms with Crippen molar-refractivity contribution in [3.8, 4) is 0 Å². The van der Waals surface area contributed by atoms with E-state index >= 15 is 0 Å². The van der Waals surface area contributed by atoms with E-state index in [1.165, 1.54) is 25.7 Å². The summed E-state index contributed by atoms with van der Waals surface area (Å²) in [6.07, 6.45) is 7.96. The molecule has 0 radical (unpaired) electrons. The van der Waals surface area contributed by atoms with Gasteiger partial charge < -0.3 is 9.84 Å². The molecule has 96 valence electrons. The Morgan fingerprint density at radius 2 is 1.81 bits per heavy atom. The molecule has 1 atom stereocenters. The van der Waals surface area contributed by atoms with Crippen LogP contribution in [-0.2, 0) is 9.53 Å². The van der Waals surface area contributed by atoms with Gasteiger partial charge in [-0.25, -0.2) is 0 Å². The van der Waals surface area contributed by atoms with Gasteiger partial charge in [0.2, 0.25) is 0 Å². The molecule has 0 aromatic rings. The van der Waals surface area contributed by atoms with Gasteiger partial charge in [-0.3, -0.25) is 4.79 Å². The van der Waals surface area contributed by atoms with E-state index in [1.807, 2.05) is 6.92 Å². The van der Waals surface area contributed by atoms with E-state index < -0.39 is 0 Å². The third-order valence-electron chi connectivity index (χ3n) is 2.60. The van der Waals surface area contributed by atoms with E-state index in [0.717, 1.165) is 12.8 Å². The zero-order valence-electron chi connectivity index (χ0n) is 10.7. The molecule has 0 spiro atoms. The molecular weight excluding hydrogens is 204 g/mol. The van der Waals surface area contributed by atoms with Crippen LogP contribution in [0.2, 0.25) is 0 Å². The maximum atomic E-state index is 11.3. The van der Waals surface area contributed by atoms with Crippen molar-refractivity contribution in [2.24, 2.45) is 0 Å². The summed E-state index contributed by atoms with van der Waals surface area (Å²) in [6.45, 7) is 4.08. The van der Waals surface area contributed by atoms with Crippen molar-refractivity contribution in [1.29, 1.82) is 0 Å². The minimum absolute atomic E-state index is 0.0749. The third-order valence-corrected chi connectivity index (χ3v) is 2.60. The molecule has 0 aliphatic rings. The Hall–Kier alpha value is -0.570. The highest BCUT2D eigenvalue weighted by Crippen LogP contribution is 2.08. The average molecular weight is 230 g/mol. The van der Waals surface area contributed by atoms with Crippen molar-refractivity contribution in [1.82, 2.24) is 0 Å². The minimum atomic E-state index is -0.155. The summed E-state index contributed by atoms with van der Waals surface area (Å²) in [4.78, 5) is 11.3. The Kier molecular flexibility index (Phi) is 10.5. The van der Waals surface area contributed by atoms with Gasteiger partial charge in [0.25, 0.3) is 0 Å². The SMILES string of the molecule is CCCCCCCCC(=O)OC(C)CCO. The van der Waals surface area contributed by atoms with Crippen LogP contribution in [0.1, 0.15) is 65.2 Å². The van der Waals surface area contributed by atoms with Gasteiger partial charge in [-0.1, -0.05) is 39.0 Å². The predicted octanol–water partition coefficient (Wildman–Crippen LogP) is 3.05. The Morgan fingerprint density at radius 3 is 2.44 bits per heavy atom. The second kappa shape index (κ2) is 10.9. The summed E-state index contributed by atoms with van der Waals surface area (Å²) in [5, 5.41) is 8.65. The normalized spacial score (nSPS) is 12.4. The lowest BCUT2D eigenvalue weighted by Gasteiger charge is -2.11.